The second-order valence-corrected chi connectivity index (χ2v) is 6.40. The molecule has 28 heavy (non-hydrogen) atoms. The van der Waals surface area contributed by atoms with Gasteiger partial charge in [0.05, 0.1) is 0 Å². The van der Waals surface area contributed by atoms with Crippen molar-refractivity contribution in [1.82, 2.24) is 14.9 Å². The van der Waals surface area contributed by atoms with Crippen molar-refractivity contribution in [3.8, 4) is 6.07 Å². The number of nitriles is 1. The van der Waals surface area contributed by atoms with E-state index in [1.165, 1.54) is 12.3 Å². The smallest absolute Gasteiger partial charge is 0.254 e. The molecule has 1 aliphatic heterocycles. The molecule has 1 N–H and O–H groups in total. The van der Waals surface area contributed by atoms with Gasteiger partial charge in [-0.25, -0.2) is 9.97 Å². The molecular formula is C20H20N6O2. The van der Waals surface area contributed by atoms with Crippen LogP contribution in [-0.2, 0) is 4.79 Å². The number of anilines is 2. The van der Waals surface area contributed by atoms with Gasteiger partial charge in [0.2, 0.25) is 5.91 Å². The number of nitrogens with zero attached hydrogens (tertiary/aromatic N) is 5. The first-order valence-electron chi connectivity index (χ1n) is 8.84. The number of carbonyl (C=O) groups excluding carboxylic acids is 2. The highest BCUT2D eigenvalue weighted by Crippen LogP contribution is 2.21. The fourth-order valence-electron chi connectivity index (χ4n) is 3.15. The van der Waals surface area contributed by atoms with E-state index in [1.54, 1.807) is 35.4 Å². The average Bonchev–Trinajstić information content (AvgIpc) is 2.73. The first-order chi connectivity index (χ1) is 13.5. The number of aromatic nitrogens is 2. The van der Waals surface area contributed by atoms with Crippen molar-refractivity contribution in [2.45, 2.75) is 13.0 Å². The Kier molecular flexibility index (Phi) is 5.65. The zero-order valence-electron chi connectivity index (χ0n) is 15.5. The molecule has 8 nitrogen and oxygen atoms in total. The van der Waals surface area contributed by atoms with Crippen LogP contribution in [0.15, 0.2) is 49.3 Å². The zero-order valence-corrected chi connectivity index (χ0v) is 15.5. The standard InChI is InChI=1S/C20H20N6O2/c1-3-18(27)24-16-6-4-15(5-7-16)20(28)26-11-10-25(13-14(26)2)19-17(12-21)22-8-9-23-19/h3-9,14H,1,10-11,13H2,2H3,(H,24,27). The Morgan fingerprint density at radius 2 is 1.96 bits per heavy atom. The van der Waals surface area contributed by atoms with Crippen molar-refractivity contribution in [3.63, 3.8) is 0 Å². The van der Waals surface area contributed by atoms with E-state index in [2.05, 4.69) is 27.9 Å². The molecule has 1 saturated heterocycles. The predicted molar refractivity (Wildman–Crippen MR) is 105 cm³/mol. The topological polar surface area (TPSA) is 102 Å². The van der Waals surface area contributed by atoms with Gasteiger partial charge < -0.3 is 15.1 Å². The van der Waals surface area contributed by atoms with Crippen LogP contribution in [0.5, 0.6) is 0 Å². The summed E-state index contributed by atoms with van der Waals surface area (Å²) in [6.45, 7) is 7.01. The van der Waals surface area contributed by atoms with E-state index in [9.17, 15) is 14.9 Å². The van der Waals surface area contributed by atoms with E-state index >= 15 is 0 Å². The van der Waals surface area contributed by atoms with E-state index in [0.717, 1.165) is 0 Å². The van der Waals surface area contributed by atoms with Crippen molar-refractivity contribution in [3.05, 3.63) is 60.6 Å². The largest absolute Gasteiger partial charge is 0.350 e. The SMILES string of the molecule is C=CC(=O)Nc1ccc(C(=O)N2CCN(c3nccnc3C#N)CC2C)cc1. The molecule has 0 radical (unpaired) electrons. The van der Waals surface area contributed by atoms with E-state index in [-0.39, 0.29) is 23.6 Å². The molecule has 0 spiro atoms. The monoisotopic (exact) mass is 376 g/mol. The third kappa shape index (κ3) is 3.99. The number of piperazine rings is 1. The maximum Gasteiger partial charge on any atom is 0.254 e. The highest BCUT2D eigenvalue weighted by atomic mass is 16.2. The lowest BCUT2D eigenvalue weighted by Gasteiger charge is -2.40. The maximum absolute atomic E-state index is 12.9. The summed E-state index contributed by atoms with van der Waals surface area (Å²) in [5, 5.41) is 11.9. The Bertz CT molecular complexity index is 934. The summed E-state index contributed by atoms with van der Waals surface area (Å²) in [4.78, 5) is 36.3. The molecule has 0 bridgehead atoms. The summed E-state index contributed by atoms with van der Waals surface area (Å²) >= 11 is 0. The molecule has 1 aromatic heterocycles. The van der Waals surface area contributed by atoms with Crippen LogP contribution in [0.2, 0.25) is 0 Å². The molecule has 2 amide bonds. The Labute approximate surface area is 163 Å². The summed E-state index contributed by atoms with van der Waals surface area (Å²) in [7, 11) is 0. The number of hydrogen-bond acceptors (Lipinski definition) is 6. The van der Waals surface area contributed by atoms with Crippen LogP contribution in [0.25, 0.3) is 0 Å². The third-order valence-electron chi connectivity index (χ3n) is 4.56. The van der Waals surface area contributed by atoms with E-state index < -0.39 is 0 Å². The van der Waals surface area contributed by atoms with Gasteiger partial charge in [-0.2, -0.15) is 5.26 Å². The summed E-state index contributed by atoms with van der Waals surface area (Å²) in [6.07, 6.45) is 4.24. The average molecular weight is 376 g/mol. The first-order valence-corrected chi connectivity index (χ1v) is 8.84. The second-order valence-electron chi connectivity index (χ2n) is 6.40. The van der Waals surface area contributed by atoms with Gasteiger partial charge in [-0.3, -0.25) is 9.59 Å². The van der Waals surface area contributed by atoms with E-state index in [1.807, 2.05) is 11.8 Å². The van der Waals surface area contributed by atoms with Crippen LogP contribution in [0.3, 0.4) is 0 Å². The van der Waals surface area contributed by atoms with E-state index in [4.69, 9.17) is 0 Å². The van der Waals surface area contributed by atoms with Gasteiger partial charge in [-0.15, -0.1) is 0 Å². The van der Waals surface area contributed by atoms with Crippen molar-refractivity contribution >= 4 is 23.3 Å². The van der Waals surface area contributed by atoms with Crippen LogP contribution in [-0.4, -0.2) is 52.4 Å². The van der Waals surface area contributed by atoms with Gasteiger partial charge in [-0.05, 0) is 37.3 Å². The number of rotatable bonds is 4. The van der Waals surface area contributed by atoms with Gasteiger partial charge in [0, 0.05) is 49.3 Å². The van der Waals surface area contributed by atoms with Crippen LogP contribution >= 0.6 is 0 Å². The second kappa shape index (κ2) is 8.31. The Hall–Kier alpha value is -3.73. The lowest BCUT2D eigenvalue weighted by atomic mass is 10.1. The summed E-state index contributed by atoms with van der Waals surface area (Å²) in [5.74, 6) is 0.171. The molecule has 1 aliphatic rings. The van der Waals surface area contributed by atoms with E-state index in [0.29, 0.717) is 36.7 Å². The first kappa shape index (κ1) is 19.0. The van der Waals surface area contributed by atoms with Gasteiger partial charge >= 0.3 is 0 Å². The van der Waals surface area contributed by atoms with Crippen molar-refractivity contribution in [2.24, 2.45) is 0 Å². The van der Waals surface area contributed by atoms with Crippen LogP contribution < -0.4 is 10.2 Å². The minimum Gasteiger partial charge on any atom is -0.350 e. The highest BCUT2D eigenvalue weighted by molar-refractivity contribution is 5.99. The number of benzene rings is 1. The molecule has 1 aromatic carbocycles. The summed E-state index contributed by atoms with van der Waals surface area (Å²) in [6, 6.07) is 8.76. The minimum absolute atomic E-state index is 0.0602. The molecular weight excluding hydrogens is 356 g/mol. The molecule has 1 fully saturated rings. The number of carbonyl (C=O) groups is 2. The Balaban J connectivity index is 1.69. The van der Waals surface area contributed by atoms with Crippen molar-refractivity contribution < 1.29 is 9.59 Å². The van der Waals surface area contributed by atoms with Crippen molar-refractivity contribution in [2.75, 3.05) is 29.9 Å². The van der Waals surface area contributed by atoms with Crippen LogP contribution in [0.4, 0.5) is 11.5 Å². The predicted octanol–water partition coefficient (Wildman–Crippen LogP) is 1.82. The third-order valence-corrected chi connectivity index (χ3v) is 4.56. The molecule has 2 aromatic rings. The van der Waals surface area contributed by atoms with Gasteiger partial charge in [0.15, 0.2) is 11.5 Å². The summed E-state index contributed by atoms with van der Waals surface area (Å²) in [5.41, 5.74) is 1.44. The van der Waals surface area contributed by atoms with Gasteiger partial charge in [-0.1, -0.05) is 6.58 Å². The molecule has 8 heteroatoms. The zero-order chi connectivity index (χ0) is 20.1. The molecule has 0 aliphatic carbocycles. The lowest BCUT2D eigenvalue weighted by molar-refractivity contribution is -0.111. The highest BCUT2D eigenvalue weighted by Gasteiger charge is 2.29. The molecule has 1 unspecified atom stereocenters. The Morgan fingerprint density at radius 1 is 1.25 bits per heavy atom. The molecule has 1 atom stereocenters. The molecule has 142 valence electrons. The summed E-state index contributed by atoms with van der Waals surface area (Å²) < 4.78 is 0. The molecule has 0 saturated carbocycles. The number of amides is 2. The maximum atomic E-state index is 12.9. The molecule has 3 rings (SSSR count). The Morgan fingerprint density at radius 3 is 2.61 bits per heavy atom. The fourth-order valence-corrected chi connectivity index (χ4v) is 3.15. The van der Waals surface area contributed by atoms with Gasteiger partial charge in [0.1, 0.15) is 6.07 Å². The minimum atomic E-state index is -0.301. The number of hydrogen-bond donors (Lipinski definition) is 1. The molecule has 2 heterocycles. The van der Waals surface area contributed by atoms with Crippen LogP contribution in [0.1, 0.15) is 23.0 Å². The quantitative estimate of drug-likeness (QED) is 0.817. The van der Waals surface area contributed by atoms with Crippen molar-refractivity contribution in [1.29, 1.82) is 5.26 Å². The van der Waals surface area contributed by atoms with Crippen LogP contribution in [0, 0.1) is 11.3 Å². The normalized spacial score (nSPS) is 16.2. The van der Waals surface area contributed by atoms with Gasteiger partial charge in [0.25, 0.3) is 5.91 Å². The lowest BCUT2D eigenvalue weighted by Crippen LogP contribution is -2.54. The number of nitrogens with one attached hydrogen (secondary N) is 1. The fraction of sp³-hybridized carbons (Fsp3) is 0.250.